The van der Waals surface area contributed by atoms with Crippen LogP contribution in [0.25, 0.3) is 0 Å². The summed E-state index contributed by atoms with van der Waals surface area (Å²) in [4.78, 5) is 30.7. The molecule has 7 nitrogen and oxygen atoms in total. The summed E-state index contributed by atoms with van der Waals surface area (Å²) in [6, 6.07) is 10.8. The van der Waals surface area contributed by atoms with E-state index in [0.29, 0.717) is 16.3 Å². The zero-order valence-electron chi connectivity index (χ0n) is 15.1. The molecule has 0 bridgehead atoms. The maximum Gasteiger partial charge on any atom is 0.247 e. The SMILES string of the molecule is N#Cc1c(N)nc(S[C@H]2CC(=O)N(c3ccccc3Cl)C2=O)c(C#N)c1C1CC1. The maximum atomic E-state index is 12.9. The Hall–Kier alpha value is -3.07. The Balaban J connectivity index is 1.70. The van der Waals surface area contributed by atoms with Crippen LogP contribution in [-0.4, -0.2) is 22.0 Å². The molecule has 0 unspecified atom stereocenters. The van der Waals surface area contributed by atoms with Gasteiger partial charge in [0.2, 0.25) is 11.8 Å². The number of hydrogen-bond donors (Lipinski definition) is 1. The number of aromatic nitrogens is 1. The molecule has 4 rings (SSSR count). The van der Waals surface area contributed by atoms with Crippen LogP contribution in [0.2, 0.25) is 5.02 Å². The van der Waals surface area contributed by atoms with Crippen LogP contribution in [0.5, 0.6) is 0 Å². The first kappa shape index (κ1) is 19.3. The van der Waals surface area contributed by atoms with Crippen molar-refractivity contribution in [3.63, 3.8) is 0 Å². The molecule has 0 spiro atoms. The van der Waals surface area contributed by atoms with E-state index < -0.39 is 11.2 Å². The predicted octanol–water partition coefficient (Wildman–Crippen LogP) is 3.36. The summed E-state index contributed by atoms with van der Waals surface area (Å²) >= 11 is 7.18. The molecule has 2 fully saturated rings. The summed E-state index contributed by atoms with van der Waals surface area (Å²) in [5, 5.41) is 19.0. The molecule has 1 aromatic carbocycles. The van der Waals surface area contributed by atoms with Gasteiger partial charge in [-0.3, -0.25) is 9.59 Å². The number of nitrogens with two attached hydrogens (primary N) is 1. The number of pyridine rings is 1. The molecule has 2 aliphatic rings. The molecular weight excluding hydrogens is 410 g/mol. The van der Waals surface area contributed by atoms with Crippen molar-refractivity contribution in [3.05, 3.63) is 46.0 Å². The van der Waals surface area contributed by atoms with Crippen LogP contribution in [-0.2, 0) is 9.59 Å². The first-order chi connectivity index (χ1) is 14.0. The molecule has 2 amide bonds. The summed E-state index contributed by atoms with van der Waals surface area (Å²) < 4.78 is 0. The summed E-state index contributed by atoms with van der Waals surface area (Å²) in [6.45, 7) is 0. The summed E-state index contributed by atoms with van der Waals surface area (Å²) in [7, 11) is 0. The van der Waals surface area contributed by atoms with E-state index in [1.807, 2.05) is 6.07 Å². The van der Waals surface area contributed by atoms with Gasteiger partial charge >= 0.3 is 0 Å². The van der Waals surface area contributed by atoms with Gasteiger partial charge in [0.25, 0.3) is 0 Å². The van der Waals surface area contributed by atoms with Gasteiger partial charge < -0.3 is 5.73 Å². The molecule has 29 heavy (non-hydrogen) atoms. The van der Waals surface area contributed by atoms with Crippen LogP contribution in [0.15, 0.2) is 29.3 Å². The van der Waals surface area contributed by atoms with E-state index in [2.05, 4.69) is 11.1 Å². The third-order valence-electron chi connectivity index (χ3n) is 4.89. The highest BCUT2D eigenvalue weighted by Gasteiger charge is 2.42. The fourth-order valence-corrected chi connectivity index (χ4v) is 4.75. The molecule has 2 aromatic rings. The van der Waals surface area contributed by atoms with E-state index in [1.54, 1.807) is 24.3 Å². The van der Waals surface area contributed by atoms with Crippen LogP contribution in [0, 0.1) is 22.7 Å². The molecule has 2 heterocycles. The highest BCUT2D eigenvalue weighted by Crippen LogP contribution is 2.47. The first-order valence-electron chi connectivity index (χ1n) is 8.87. The number of anilines is 2. The van der Waals surface area contributed by atoms with Gasteiger partial charge in [-0.25, -0.2) is 9.88 Å². The lowest BCUT2D eigenvalue weighted by molar-refractivity contribution is -0.121. The molecule has 2 N–H and O–H groups in total. The van der Waals surface area contributed by atoms with Gasteiger partial charge in [0.05, 0.1) is 27.1 Å². The van der Waals surface area contributed by atoms with Crippen molar-refractivity contribution < 1.29 is 9.59 Å². The van der Waals surface area contributed by atoms with Gasteiger partial charge in [0.15, 0.2) is 0 Å². The van der Waals surface area contributed by atoms with Crippen molar-refractivity contribution in [2.75, 3.05) is 10.6 Å². The molecule has 1 saturated heterocycles. The van der Waals surface area contributed by atoms with Gasteiger partial charge in [-0.2, -0.15) is 10.5 Å². The first-order valence-corrected chi connectivity index (χ1v) is 10.1. The average molecular weight is 424 g/mol. The Morgan fingerprint density at radius 2 is 1.86 bits per heavy atom. The number of para-hydroxylation sites is 1. The Morgan fingerprint density at radius 1 is 1.17 bits per heavy atom. The van der Waals surface area contributed by atoms with Crippen LogP contribution in [0.4, 0.5) is 11.5 Å². The Bertz CT molecular complexity index is 1130. The van der Waals surface area contributed by atoms with E-state index in [1.165, 1.54) is 0 Å². The standard InChI is InChI=1S/C20H14ClN5O2S/c21-13-3-1-2-4-14(13)26-16(27)7-15(20(26)28)29-19-12(9-23)17(10-5-6-10)11(8-22)18(24)25-19/h1-4,10,15H,5-7H2,(H2,24,25)/t15-/m0/s1. The number of carbonyl (C=O) groups excluding carboxylic acids is 2. The van der Waals surface area contributed by atoms with E-state index >= 15 is 0 Å². The van der Waals surface area contributed by atoms with E-state index in [9.17, 15) is 20.1 Å². The number of nitrogens with zero attached hydrogens (tertiary/aromatic N) is 4. The fourth-order valence-electron chi connectivity index (χ4n) is 3.41. The number of hydrogen-bond acceptors (Lipinski definition) is 7. The summed E-state index contributed by atoms with van der Waals surface area (Å²) in [5.74, 6) is -0.655. The Labute approximate surface area is 176 Å². The topological polar surface area (TPSA) is 124 Å². The second-order valence-corrected chi connectivity index (χ2v) is 8.39. The number of imide groups is 1. The van der Waals surface area contributed by atoms with E-state index in [-0.39, 0.29) is 40.2 Å². The lowest BCUT2D eigenvalue weighted by atomic mass is 10.0. The number of thioether (sulfide) groups is 1. The van der Waals surface area contributed by atoms with Crippen LogP contribution < -0.4 is 10.6 Å². The van der Waals surface area contributed by atoms with Crippen molar-refractivity contribution in [3.8, 4) is 12.1 Å². The number of nitrogen functional groups attached to an aromatic ring is 1. The molecular formula is C20H14ClN5O2S. The highest BCUT2D eigenvalue weighted by molar-refractivity contribution is 8.00. The largest absolute Gasteiger partial charge is 0.383 e. The van der Waals surface area contributed by atoms with Gasteiger partial charge in [-0.1, -0.05) is 35.5 Å². The van der Waals surface area contributed by atoms with Crippen molar-refractivity contribution in [1.82, 2.24) is 4.98 Å². The van der Waals surface area contributed by atoms with E-state index in [4.69, 9.17) is 17.3 Å². The average Bonchev–Trinajstić information content (AvgIpc) is 3.49. The summed E-state index contributed by atoms with van der Waals surface area (Å²) in [6.07, 6.45) is 1.70. The Kier molecular flexibility index (Phi) is 4.91. The molecule has 144 valence electrons. The predicted molar refractivity (Wildman–Crippen MR) is 108 cm³/mol. The van der Waals surface area contributed by atoms with Crippen LogP contribution in [0.1, 0.15) is 41.9 Å². The van der Waals surface area contributed by atoms with Crippen molar-refractivity contribution >= 4 is 46.7 Å². The van der Waals surface area contributed by atoms with E-state index in [0.717, 1.165) is 29.5 Å². The van der Waals surface area contributed by atoms with Crippen molar-refractivity contribution in [2.45, 2.75) is 35.5 Å². The number of nitriles is 2. The van der Waals surface area contributed by atoms with Gasteiger partial charge in [0, 0.05) is 6.42 Å². The second-order valence-electron chi connectivity index (χ2n) is 6.79. The Morgan fingerprint density at radius 3 is 2.48 bits per heavy atom. The maximum absolute atomic E-state index is 12.9. The van der Waals surface area contributed by atoms with Crippen molar-refractivity contribution in [2.24, 2.45) is 0 Å². The van der Waals surface area contributed by atoms with Gasteiger partial charge in [-0.15, -0.1) is 0 Å². The number of halogens is 1. The second kappa shape index (κ2) is 7.40. The molecule has 9 heteroatoms. The number of amides is 2. The van der Waals surface area contributed by atoms with Gasteiger partial charge in [-0.05, 0) is 36.5 Å². The minimum absolute atomic E-state index is 0.0376. The third kappa shape index (κ3) is 3.31. The van der Waals surface area contributed by atoms with Crippen molar-refractivity contribution in [1.29, 1.82) is 10.5 Å². The number of rotatable bonds is 4. The molecule has 1 atom stereocenters. The zero-order valence-corrected chi connectivity index (χ0v) is 16.6. The molecule has 1 aromatic heterocycles. The van der Waals surface area contributed by atoms with Crippen LogP contribution >= 0.6 is 23.4 Å². The third-order valence-corrected chi connectivity index (χ3v) is 6.38. The smallest absolute Gasteiger partial charge is 0.247 e. The minimum Gasteiger partial charge on any atom is -0.383 e. The number of benzene rings is 1. The quantitative estimate of drug-likeness (QED) is 0.747. The lowest BCUT2D eigenvalue weighted by Gasteiger charge is -2.17. The fraction of sp³-hybridized carbons (Fsp3) is 0.250. The molecule has 1 aliphatic heterocycles. The highest BCUT2D eigenvalue weighted by atomic mass is 35.5. The lowest BCUT2D eigenvalue weighted by Crippen LogP contribution is -2.31. The van der Waals surface area contributed by atoms with Crippen LogP contribution in [0.3, 0.4) is 0 Å². The normalized spacial score (nSPS) is 18.6. The molecule has 1 saturated carbocycles. The minimum atomic E-state index is -0.752. The molecule has 1 aliphatic carbocycles. The summed E-state index contributed by atoms with van der Waals surface area (Å²) in [5.41, 5.74) is 7.38. The zero-order chi connectivity index (χ0) is 20.7. The van der Waals surface area contributed by atoms with Gasteiger partial charge in [0.1, 0.15) is 23.0 Å². The monoisotopic (exact) mass is 423 g/mol. The molecule has 0 radical (unpaired) electrons. The number of carbonyl (C=O) groups is 2.